The number of ether oxygens (including phenoxy) is 2. The maximum Gasteiger partial charge on any atom is 0.302 e. The molecule has 0 heterocycles. The van der Waals surface area contributed by atoms with E-state index in [0.29, 0.717) is 12.8 Å². The minimum atomic E-state index is -1.02. The quantitative estimate of drug-likeness (QED) is 0.296. The van der Waals surface area contributed by atoms with Gasteiger partial charge in [-0.05, 0) is 24.0 Å². The van der Waals surface area contributed by atoms with Gasteiger partial charge in [-0.1, -0.05) is 29.4 Å². The highest BCUT2D eigenvalue weighted by atomic mass is 16.5. The van der Waals surface area contributed by atoms with Gasteiger partial charge in [0.05, 0.1) is 6.21 Å². The normalized spacial score (nSPS) is 11.2. The maximum absolute atomic E-state index is 11.6. The molecule has 142 valence electrons. The van der Waals surface area contributed by atoms with Crippen LogP contribution >= 0.6 is 0 Å². The van der Waals surface area contributed by atoms with E-state index in [2.05, 4.69) is 10.5 Å². The van der Waals surface area contributed by atoms with Gasteiger partial charge in [-0.2, -0.15) is 0 Å². The zero-order valence-electron chi connectivity index (χ0n) is 15.2. The highest BCUT2D eigenvalue weighted by Crippen LogP contribution is 2.18. The van der Waals surface area contributed by atoms with Crippen LogP contribution in [0.5, 0.6) is 0 Å². The van der Waals surface area contributed by atoms with Crippen molar-refractivity contribution in [3.63, 3.8) is 0 Å². The molecule has 0 spiro atoms. The number of nitrogens with zero attached hydrogens (tertiary/aromatic N) is 1. The Hall–Kier alpha value is -2.90. The molecule has 8 nitrogen and oxygen atoms in total. The van der Waals surface area contributed by atoms with E-state index < -0.39 is 17.5 Å². The fourth-order valence-corrected chi connectivity index (χ4v) is 2.39. The number of carbonyl (C=O) groups is 3. The summed E-state index contributed by atoms with van der Waals surface area (Å²) in [7, 11) is 0. The third-order valence-electron chi connectivity index (χ3n) is 3.62. The first-order valence-corrected chi connectivity index (χ1v) is 8.08. The zero-order valence-corrected chi connectivity index (χ0v) is 15.2. The molecule has 0 aliphatic carbocycles. The van der Waals surface area contributed by atoms with Gasteiger partial charge in [0.1, 0.15) is 18.8 Å². The van der Waals surface area contributed by atoms with Crippen LogP contribution in [-0.4, -0.2) is 48.0 Å². The van der Waals surface area contributed by atoms with Gasteiger partial charge >= 0.3 is 11.9 Å². The zero-order chi connectivity index (χ0) is 19.6. The Labute approximate surface area is 152 Å². The lowest BCUT2D eigenvalue weighted by atomic mass is 9.92. The first-order valence-electron chi connectivity index (χ1n) is 8.08. The summed E-state index contributed by atoms with van der Waals surface area (Å²) in [5.41, 5.74) is 0.679. The SMILES string of the molecule is CC(=O)NC(CCc1ccc(/C=N/O)cc1)(COC(C)=O)COC(C)=O. The topological polar surface area (TPSA) is 114 Å². The van der Waals surface area contributed by atoms with Crippen molar-refractivity contribution < 1.29 is 29.1 Å². The van der Waals surface area contributed by atoms with Crippen molar-refractivity contribution >= 4 is 24.1 Å². The lowest BCUT2D eigenvalue weighted by molar-refractivity contribution is -0.150. The van der Waals surface area contributed by atoms with E-state index in [-0.39, 0.29) is 19.1 Å². The summed E-state index contributed by atoms with van der Waals surface area (Å²) >= 11 is 0. The lowest BCUT2D eigenvalue weighted by Crippen LogP contribution is -2.55. The van der Waals surface area contributed by atoms with Crippen LogP contribution in [0.15, 0.2) is 29.4 Å². The minimum absolute atomic E-state index is 0.107. The molecule has 0 fully saturated rings. The van der Waals surface area contributed by atoms with Gasteiger partial charge in [0, 0.05) is 20.8 Å². The summed E-state index contributed by atoms with van der Waals surface area (Å²) < 4.78 is 10.2. The molecule has 1 amide bonds. The molecular weight excluding hydrogens is 340 g/mol. The van der Waals surface area contributed by atoms with E-state index in [4.69, 9.17) is 14.7 Å². The molecule has 0 atom stereocenters. The standard InChI is InChI=1S/C18H24N2O6/c1-13(21)20-18(11-25-14(2)22,12-26-15(3)23)9-8-16-4-6-17(7-5-16)10-19-24/h4-7,10,24H,8-9,11-12H2,1-3H3,(H,20,21)/b19-10+. The van der Waals surface area contributed by atoms with E-state index in [9.17, 15) is 14.4 Å². The molecule has 1 rings (SSSR count). The van der Waals surface area contributed by atoms with E-state index >= 15 is 0 Å². The Kier molecular flexibility index (Phi) is 8.27. The molecule has 0 aliphatic rings. The molecule has 26 heavy (non-hydrogen) atoms. The molecule has 2 N–H and O–H groups in total. The highest BCUT2D eigenvalue weighted by Gasteiger charge is 2.34. The number of nitrogens with one attached hydrogen (secondary N) is 1. The largest absolute Gasteiger partial charge is 0.463 e. The van der Waals surface area contributed by atoms with Gasteiger partial charge in [0.15, 0.2) is 0 Å². The summed E-state index contributed by atoms with van der Waals surface area (Å²) in [6.07, 6.45) is 2.24. The third-order valence-corrected chi connectivity index (χ3v) is 3.62. The van der Waals surface area contributed by atoms with Gasteiger partial charge in [0.25, 0.3) is 0 Å². The number of hydrogen-bond acceptors (Lipinski definition) is 7. The van der Waals surface area contributed by atoms with Gasteiger partial charge in [-0.15, -0.1) is 0 Å². The summed E-state index contributed by atoms with van der Waals surface area (Å²) in [6.45, 7) is 3.67. The maximum atomic E-state index is 11.6. The Morgan fingerprint density at radius 1 is 1.08 bits per heavy atom. The molecule has 0 unspecified atom stereocenters. The Morgan fingerprint density at radius 3 is 2.04 bits per heavy atom. The molecule has 1 aromatic rings. The number of aryl methyl sites for hydroxylation is 1. The fourth-order valence-electron chi connectivity index (χ4n) is 2.39. The van der Waals surface area contributed by atoms with Crippen LogP contribution < -0.4 is 5.32 Å². The monoisotopic (exact) mass is 364 g/mol. The Morgan fingerprint density at radius 2 is 1.62 bits per heavy atom. The van der Waals surface area contributed by atoms with Crippen LogP contribution in [0.25, 0.3) is 0 Å². The predicted octanol–water partition coefficient (Wildman–Crippen LogP) is 1.43. The number of esters is 2. The molecule has 0 bridgehead atoms. The van der Waals surface area contributed by atoms with Crippen LogP contribution in [0.3, 0.4) is 0 Å². The highest BCUT2D eigenvalue weighted by molar-refractivity contribution is 5.79. The average molecular weight is 364 g/mol. The number of oxime groups is 1. The van der Waals surface area contributed by atoms with E-state index in [0.717, 1.165) is 11.1 Å². The number of rotatable bonds is 9. The van der Waals surface area contributed by atoms with Crippen molar-refractivity contribution in [2.75, 3.05) is 13.2 Å². The van der Waals surface area contributed by atoms with Crippen LogP contribution in [-0.2, 0) is 30.3 Å². The predicted molar refractivity (Wildman–Crippen MR) is 94.0 cm³/mol. The van der Waals surface area contributed by atoms with Crippen molar-refractivity contribution in [3.05, 3.63) is 35.4 Å². The third kappa shape index (κ3) is 7.78. The van der Waals surface area contributed by atoms with Crippen molar-refractivity contribution in [2.45, 2.75) is 39.2 Å². The average Bonchev–Trinajstić information content (AvgIpc) is 2.57. The molecule has 0 aromatic heterocycles. The smallest absolute Gasteiger partial charge is 0.302 e. The van der Waals surface area contributed by atoms with Crippen LogP contribution in [0, 0.1) is 0 Å². The summed E-state index contributed by atoms with van der Waals surface area (Å²) in [6, 6.07) is 7.28. The second-order valence-corrected chi connectivity index (χ2v) is 6.01. The summed E-state index contributed by atoms with van der Waals surface area (Å²) in [5.74, 6) is -1.30. The van der Waals surface area contributed by atoms with Crippen LogP contribution in [0.4, 0.5) is 0 Å². The lowest BCUT2D eigenvalue weighted by Gasteiger charge is -2.33. The van der Waals surface area contributed by atoms with E-state index in [1.165, 1.54) is 27.0 Å². The van der Waals surface area contributed by atoms with Crippen molar-refractivity contribution in [3.8, 4) is 0 Å². The Bertz CT molecular complexity index is 636. The van der Waals surface area contributed by atoms with Crippen molar-refractivity contribution in [1.82, 2.24) is 5.32 Å². The number of hydrogen-bond donors (Lipinski definition) is 2. The van der Waals surface area contributed by atoms with E-state index in [1.807, 2.05) is 12.1 Å². The second-order valence-electron chi connectivity index (χ2n) is 6.01. The molecule has 0 radical (unpaired) electrons. The molecule has 8 heteroatoms. The summed E-state index contributed by atoms with van der Waals surface area (Å²) in [5, 5.41) is 14.3. The molecule has 0 aliphatic heterocycles. The van der Waals surface area contributed by atoms with E-state index in [1.54, 1.807) is 12.1 Å². The molecule has 1 aromatic carbocycles. The fraction of sp³-hybridized carbons (Fsp3) is 0.444. The minimum Gasteiger partial charge on any atom is -0.463 e. The van der Waals surface area contributed by atoms with Gasteiger partial charge in [0.2, 0.25) is 5.91 Å². The number of carbonyl (C=O) groups excluding carboxylic acids is 3. The van der Waals surface area contributed by atoms with Crippen LogP contribution in [0.1, 0.15) is 38.3 Å². The molecule has 0 saturated carbocycles. The van der Waals surface area contributed by atoms with Gasteiger partial charge in [-0.3, -0.25) is 14.4 Å². The van der Waals surface area contributed by atoms with Gasteiger partial charge < -0.3 is 20.0 Å². The molecular formula is C18H24N2O6. The van der Waals surface area contributed by atoms with Gasteiger partial charge in [-0.25, -0.2) is 0 Å². The van der Waals surface area contributed by atoms with Crippen molar-refractivity contribution in [1.29, 1.82) is 0 Å². The Balaban J connectivity index is 2.93. The molecule has 0 saturated heterocycles. The summed E-state index contributed by atoms with van der Waals surface area (Å²) in [4.78, 5) is 34.1. The number of amides is 1. The van der Waals surface area contributed by atoms with Crippen molar-refractivity contribution in [2.24, 2.45) is 5.16 Å². The first-order chi connectivity index (χ1) is 12.3. The second kappa shape index (κ2) is 10.2. The number of benzene rings is 1. The van der Waals surface area contributed by atoms with Crippen LogP contribution in [0.2, 0.25) is 0 Å². The first kappa shape index (κ1) is 21.1.